The number of hydrogen-bond acceptors (Lipinski definition) is 4. The second-order valence-corrected chi connectivity index (χ2v) is 8.57. The largest absolute Gasteiger partial charge is 0.494 e. The number of ether oxygens (including phenoxy) is 2. The van der Waals surface area contributed by atoms with Crippen LogP contribution in [0.15, 0.2) is 60.7 Å². The smallest absolute Gasteiger partial charge is 0.328 e. The Morgan fingerprint density at radius 2 is 1.18 bits per heavy atom. The van der Waals surface area contributed by atoms with Gasteiger partial charge in [0, 0.05) is 12.2 Å². The fraction of sp³-hybridized carbons (Fsp3) is 0.357. The van der Waals surface area contributed by atoms with E-state index in [-0.39, 0.29) is 0 Å². The van der Waals surface area contributed by atoms with Crippen LogP contribution in [0.25, 0.3) is 12.2 Å². The topological polar surface area (TPSA) is 93.1 Å². The van der Waals surface area contributed by atoms with Crippen molar-refractivity contribution >= 4 is 24.1 Å². The molecule has 0 aliphatic carbocycles. The zero-order valence-corrected chi connectivity index (χ0v) is 20.4. The Morgan fingerprint density at radius 1 is 0.735 bits per heavy atom. The lowest BCUT2D eigenvalue weighted by atomic mass is 10.1. The first-order chi connectivity index (χ1) is 16.2. The third-order valence-electron chi connectivity index (χ3n) is 4.37. The molecule has 2 aromatic carbocycles. The van der Waals surface area contributed by atoms with Crippen molar-refractivity contribution in [3.05, 3.63) is 71.8 Å². The summed E-state index contributed by atoms with van der Waals surface area (Å²) in [6, 6.07) is 14.7. The molecule has 0 heterocycles. The van der Waals surface area contributed by atoms with Gasteiger partial charge in [0.2, 0.25) is 0 Å². The quantitative estimate of drug-likeness (QED) is 0.276. The fourth-order valence-corrected chi connectivity index (χ4v) is 2.63. The molecule has 34 heavy (non-hydrogen) atoms. The fourth-order valence-electron chi connectivity index (χ4n) is 2.63. The zero-order valence-electron chi connectivity index (χ0n) is 20.4. The molecule has 184 valence electrons. The SMILES string of the molecule is CC(C)CCCOc1ccc(C=CC(=O)O)cc1.CC(C)COc1ccc(C=CC(=O)O)cc1. The summed E-state index contributed by atoms with van der Waals surface area (Å²) < 4.78 is 11.1. The highest BCUT2D eigenvalue weighted by Crippen LogP contribution is 2.15. The van der Waals surface area contributed by atoms with E-state index in [9.17, 15) is 9.59 Å². The molecular formula is C28H36O6. The third kappa shape index (κ3) is 14.5. The maximum Gasteiger partial charge on any atom is 0.328 e. The Labute approximate surface area is 202 Å². The molecule has 0 spiro atoms. The number of carboxylic acid groups (broad SMARTS) is 2. The van der Waals surface area contributed by atoms with Crippen molar-refractivity contribution in [1.82, 2.24) is 0 Å². The normalized spacial score (nSPS) is 11.0. The van der Waals surface area contributed by atoms with Crippen LogP contribution in [0.5, 0.6) is 11.5 Å². The van der Waals surface area contributed by atoms with Crippen molar-refractivity contribution < 1.29 is 29.3 Å². The van der Waals surface area contributed by atoms with Crippen molar-refractivity contribution in [3.8, 4) is 11.5 Å². The molecule has 0 aliphatic rings. The first-order valence-corrected chi connectivity index (χ1v) is 11.4. The van der Waals surface area contributed by atoms with E-state index in [1.807, 2.05) is 48.5 Å². The van der Waals surface area contributed by atoms with Gasteiger partial charge in [-0.3, -0.25) is 0 Å². The summed E-state index contributed by atoms with van der Waals surface area (Å²) in [6.45, 7) is 9.98. The van der Waals surface area contributed by atoms with Gasteiger partial charge in [0.05, 0.1) is 13.2 Å². The summed E-state index contributed by atoms with van der Waals surface area (Å²) in [5.74, 6) is 0.945. The Morgan fingerprint density at radius 3 is 1.56 bits per heavy atom. The number of benzene rings is 2. The molecule has 0 amide bonds. The minimum atomic E-state index is -0.944. The summed E-state index contributed by atoms with van der Waals surface area (Å²) in [5, 5.41) is 17.0. The summed E-state index contributed by atoms with van der Waals surface area (Å²) in [5.41, 5.74) is 1.70. The number of carboxylic acids is 2. The molecule has 2 rings (SSSR count). The maximum atomic E-state index is 10.4. The second kappa shape index (κ2) is 16.1. The molecular weight excluding hydrogens is 432 g/mol. The molecule has 2 aromatic rings. The number of hydrogen-bond donors (Lipinski definition) is 2. The van der Waals surface area contributed by atoms with E-state index in [2.05, 4.69) is 27.7 Å². The minimum Gasteiger partial charge on any atom is -0.494 e. The standard InChI is InChI=1S/C15H20O3.C13H16O3/c1-12(2)4-3-11-18-14-8-5-13(6-9-14)7-10-15(16)17;1-10(2)9-16-12-6-3-11(4-7-12)5-8-13(14)15/h5-10,12H,3-4,11H2,1-2H3,(H,16,17);3-8,10H,9H2,1-2H3,(H,14,15). The summed E-state index contributed by atoms with van der Waals surface area (Å²) in [6.07, 6.45) is 7.57. The monoisotopic (exact) mass is 468 g/mol. The molecule has 0 aliphatic heterocycles. The molecule has 0 unspecified atom stereocenters. The first-order valence-electron chi connectivity index (χ1n) is 11.4. The molecule has 0 bridgehead atoms. The van der Waals surface area contributed by atoms with Crippen molar-refractivity contribution in [2.24, 2.45) is 11.8 Å². The van der Waals surface area contributed by atoms with E-state index < -0.39 is 11.9 Å². The van der Waals surface area contributed by atoms with Gasteiger partial charge >= 0.3 is 11.9 Å². The predicted molar refractivity (Wildman–Crippen MR) is 136 cm³/mol. The average molecular weight is 469 g/mol. The Bertz CT molecular complexity index is 909. The van der Waals surface area contributed by atoms with Crippen LogP contribution in [0.4, 0.5) is 0 Å². The molecule has 0 fully saturated rings. The lowest BCUT2D eigenvalue weighted by Gasteiger charge is -2.08. The van der Waals surface area contributed by atoms with Gasteiger partial charge in [-0.05, 0) is 72.2 Å². The van der Waals surface area contributed by atoms with E-state index >= 15 is 0 Å². The number of rotatable bonds is 12. The van der Waals surface area contributed by atoms with Crippen LogP contribution < -0.4 is 9.47 Å². The highest BCUT2D eigenvalue weighted by Gasteiger charge is 1.98. The molecule has 0 aromatic heterocycles. The van der Waals surface area contributed by atoms with E-state index in [1.54, 1.807) is 12.2 Å². The van der Waals surface area contributed by atoms with Crippen LogP contribution in [-0.2, 0) is 9.59 Å². The lowest BCUT2D eigenvalue weighted by Crippen LogP contribution is -2.04. The van der Waals surface area contributed by atoms with Gasteiger partial charge in [0.15, 0.2) is 0 Å². The molecule has 6 heteroatoms. The van der Waals surface area contributed by atoms with Crippen LogP contribution in [0.3, 0.4) is 0 Å². The van der Waals surface area contributed by atoms with Gasteiger partial charge < -0.3 is 19.7 Å². The Balaban J connectivity index is 0.000000342. The molecule has 0 atom stereocenters. The van der Waals surface area contributed by atoms with Crippen LogP contribution in [0, 0.1) is 11.8 Å². The molecule has 0 saturated carbocycles. The molecule has 6 nitrogen and oxygen atoms in total. The molecule has 2 N–H and O–H groups in total. The lowest BCUT2D eigenvalue weighted by molar-refractivity contribution is -0.132. The summed E-state index contributed by atoms with van der Waals surface area (Å²) in [4.78, 5) is 20.7. The van der Waals surface area contributed by atoms with Crippen LogP contribution in [-0.4, -0.2) is 35.4 Å². The maximum absolute atomic E-state index is 10.4. The third-order valence-corrected chi connectivity index (χ3v) is 4.37. The van der Waals surface area contributed by atoms with Gasteiger partial charge in [0.25, 0.3) is 0 Å². The van der Waals surface area contributed by atoms with Crippen molar-refractivity contribution in [3.63, 3.8) is 0 Å². The van der Waals surface area contributed by atoms with Gasteiger partial charge in [-0.2, -0.15) is 0 Å². The Hall–Kier alpha value is -3.54. The van der Waals surface area contributed by atoms with Crippen LogP contribution >= 0.6 is 0 Å². The van der Waals surface area contributed by atoms with Crippen LogP contribution in [0.2, 0.25) is 0 Å². The minimum absolute atomic E-state index is 0.492. The van der Waals surface area contributed by atoms with E-state index in [4.69, 9.17) is 19.7 Å². The van der Waals surface area contributed by atoms with Crippen molar-refractivity contribution in [2.75, 3.05) is 13.2 Å². The van der Waals surface area contributed by atoms with Crippen LogP contribution in [0.1, 0.15) is 51.7 Å². The number of carbonyl (C=O) groups is 2. The van der Waals surface area contributed by atoms with E-state index in [0.29, 0.717) is 18.4 Å². The van der Waals surface area contributed by atoms with Crippen molar-refractivity contribution in [1.29, 1.82) is 0 Å². The zero-order chi connectivity index (χ0) is 25.3. The van der Waals surface area contributed by atoms with Gasteiger partial charge in [-0.1, -0.05) is 52.0 Å². The van der Waals surface area contributed by atoms with Gasteiger partial charge in [-0.15, -0.1) is 0 Å². The molecule has 0 radical (unpaired) electrons. The highest BCUT2D eigenvalue weighted by molar-refractivity contribution is 5.85. The van der Waals surface area contributed by atoms with Gasteiger partial charge in [0.1, 0.15) is 11.5 Å². The van der Waals surface area contributed by atoms with E-state index in [1.165, 1.54) is 6.42 Å². The first kappa shape index (κ1) is 28.5. The highest BCUT2D eigenvalue weighted by atomic mass is 16.5. The van der Waals surface area contributed by atoms with Crippen molar-refractivity contribution in [2.45, 2.75) is 40.5 Å². The number of aliphatic carboxylic acids is 2. The van der Waals surface area contributed by atoms with E-state index in [0.717, 1.165) is 47.8 Å². The molecule has 0 saturated heterocycles. The average Bonchev–Trinajstić information content (AvgIpc) is 2.79. The second-order valence-electron chi connectivity index (χ2n) is 8.57. The predicted octanol–water partition coefficient (Wildman–Crippen LogP) is 6.42. The summed E-state index contributed by atoms with van der Waals surface area (Å²) >= 11 is 0. The van der Waals surface area contributed by atoms with Gasteiger partial charge in [-0.25, -0.2) is 9.59 Å². The summed E-state index contributed by atoms with van der Waals surface area (Å²) in [7, 11) is 0. The Kier molecular flexibility index (Phi) is 13.5.